The molecule has 2 rings (SSSR count). The van der Waals surface area contributed by atoms with Crippen molar-refractivity contribution in [3.8, 4) is 0 Å². The van der Waals surface area contributed by atoms with Crippen LogP contribution < -0.4 is 9.62 Å². The van der Waals surface area contributed by atoms with Crippen molar-refractivity contribution in [3.63, 3.8) is 0 Å². The highest BCUT2D eigenvalue weighted by Crippen LogP contribution is 2.29. The van der Waals surface area contributed by atoms with Gasteiger partial charge >= 0.3 is 0 Å². The predicted molar refractivity (Wildman–Crippen MR) is 137 cm³/mol. The van der Waals surface area contributed by atoms with E-state index in [2.05, 4.69) is 5.32 Å². The lowest BCUT2D eigenvalue weighted by Gasteiger charge is -2.32. The number of sulfonamides is 1. The van der Waals surface area contributed by atoms with Crippen molar-refractivity contribution in [1.29, 1.82) is 0 Å². The standard InChI is InChI=1S/C26H37N3O4S/c1-18(2)23-10-8-9-11-24(23)29(34(7,32)33)17-25(30)28(21(6)26(31)27-19(3)4)16-22-14-12-20(5)13-15-22/h8-15,18-19,21H,16-17H2,1-7H3,(H,27,31)/t21-/m0/s1. The molecule has 0 saturated heterocycles. The fraction of sp³-hybridized carbons (Fsp3) is 0.462. The number of carbonyl (C=O) groups is 2. The van der Waals surface area contributed by atoms with Gasteiger partial charge in [0.25, 0.3) is 0 Å². The second-order valence-corrected chi connectivity index (χ2v) is 11.2. The van der Waals surface area contributed by atoms with Crippen LogP contribution in [0.4, 0.5) is 5.69 Å². The average Bonchev–Trinajstić information content (AvgIpc) is 2.75. The maximum Gasteiger partial charge on any atom is 0.244 e. The Morgan fingerprint density at radius 1 is 0.941 bits per heavy atom. The molecule has 0 radical (unpaired) electrons. The Hall–Kier alpha value is -2.87. The summed E-state index contributed by atoms with van der Waals surface area (Å²) in [6, 6.07) is 14.0. The van der Waals surface area contributed by atoms with Crippen LogP contribution in [0, 0.1) is 6.92 Å². The van der Waals surface area contributed by atoms with Crippen molar-refractivity contribution >= 4 is 27.5 Å². The lowest BCUT2D eigenvalue weighted by Crippen LogP contribution is -2.52. The molecule has 0 spiro atoms. The first-order valence-electron chi connectivity index (χ1n) is 11.5. The Bertz CT molecular complexity index is 1100. The van der Waals surface area contributed by atoms with Crippen molar-refractivity contribution in [2.75, 3.05) is 17.1 Å². The summed E-state index contributed by atoms with van der Waals surface area (Å²) in [6.07, 6.45) is 1.09. The molecule has 2 aromatic rings. The second-order valence-electron chi connectivity index (χ2n) is 9.33. The first kappa shape index (κ1) is 27.4. The van der Waals surface area contributed by atoms with Gasteiger partial charge in [0.2, 0.25) is 21.8 Å². The number of carbonyl (C=O) groups excluding carboxylic acids is 2. The van der Waals surface area contributed by atoms with Crippen LogP contribution in [0.25, 0.3) is 0 Å². The molecule has 0 aliphatic heterocycles. The number of nitrogens with zero attached hydrogens (tertiary/aromatic N) is 2. The van der Waals surface area contributed by atoms with E-state index in [-0.39, 0.29) is 24.4 Å². The maximum atomic E-state index is 13.6. The molecule has 34 heavy (non-hydrogen) atoms. The lowest BCUT2D eigenvalue weighted by molar-refractivity contribution is -0.139. The van der Waals surface area contributed by atoms with E-state index >= 15 is 0 Å². The number of anilines is 1. The van der Waals surface area contributed by atoms with Crippen LogP contribution in [0.1, 0.15) is 57.2 Å². The predicted octanol–water partition coefficient (Wildman–Crippen LogP) is 3.83. The van der Waals surface area contributed by atoms with Gasteiger partial charge in [0.05, 0.1) is 11.9 Å². The van der Waals surface area contributed by atoms with Crippen LogP contribution in [0.5, 0.6) is 0 Å². The summed E-state index contributed by atoms with van der Waals surface area (Å²) < 4.78 is 26.7. The molecule has 0 aliphatic rings. The summed E-state index contributed by atoms with van der Waals surface area (Å²) >= 11 is 0. The van der Waals surface area contributed by atoms with E-state index in [0.717, 1.165) is 27.3 Å². The number of nitrogens with one attached hydrogen (secondary N) is 1. The largest absolute Gasteiger partial charge is 0.352 e. The molecule has 186 valence electrons. The number of hydrogen-bond donors (Lipinski definition) is 1. The third-order valence-electron chi connectivity index (χ3n) is 5.58. The average molecular weight is 488 g/mol. The van der Waals surface area contributed by atoms with E-state index in [9.17, 15) is 18.0 Å². The van der Waals surface area contributed by atoms with Gasteiger partial charge in [0, 0.05) is 12.6 Å². The maximum absolute atomic E-state index is 13.6. The van der Waals surface area contributed by atoms with Gasteiger partial charge in [-0.05, 0) is 50.8 Å². The number of rotatable bonds is 10. The van der Waals surface area contributed by atoms with Crippen LogP contribution in [0.15, 0.2) is 48.5 Å². The minimum absolute atomic E-state index is 0.0648. The number of benzene rings is 2. The van der Waals surface area contributed by atoms with Gasteiger partial charge in [-0.1, -0.05) is 61.9 Å². The molecule has 7 nitrogen and oxygen atoms in total. The molecule has 0 heterocycles. The summed E-state index contributed by atoms with van der Waals surface area (Å²) in [5, 5.41) is 2.85. The lowest BCUT2D eigenvalue weighted by atomic mass is 10.0. The Morgan fingerprint density at radius 2 is 1.53 bits per heavy atom. The molecular formula is C26H37N3O4S. The van der Waals surface area contributed by atoms with E-state index in [4.69, 9.17) is 0 Å². The van der Waals surface area contributed by atoms with Gasteiger partial charge in [-0.15, -0.1) is 0 Å². The second kappa shape index (κ2) is 11.5. The Labute approximate surface area is 204 Å². The molecule has 1 atom stereocenters. The third kappa shape index (κ3) is 7.32. The van der Waals surface area contributed by atoms with Gasteiger partial charge < -0.3 is 10.2 Å². The Morgan fingerprint density at radius 3 is 2.06 bits per heavy atom. The van der Waals surface area contributed by atoms with Crippen molar-refractivity contribution < 1.29 is 18.0 Å². The number of para-hydroxylation sites is 1. The van der Waals surface area contributed by atoms with Crippen LogP contribution in [0.2, 0.25) is 0 Å². The molecule has 0 bridgehead atoms. The van der Waals surface area contributed by atoms with Crippen LogP contribution in [0.3, 0.4) is 0 Å². The molecule has 0 aromatic heterocycles. The highest BCUT2D eigenvalue weighted by atomic mass is 32.2. The molecule has 1 N–H and O–H groups in total. The SMILES string of the molecule is Cc1ccc(CN(C(=O)CN(c2ccccc2C(C)C)S(C)(=O)=O)[C@@H](C)C(=O)NC(C)C)cc1. The van der Waals surface area contributed by atoms with Gasteiger partial charge in [0.1, 0.15) is 12.6 Å². The molecular weight excluding hydrogens is 450 g/mol. The fourth-order valence-electron chi connectivity index (χ4n) is 3.68. The quantitative estimate of drug-likeness (QED) is 0.552. The Kier molecular flexibility index (Phi) is 9.27. The first-order valence-corrected chi connectivity index (χ1v) is 13.4. The molecule has 8 heteroatoms. The minimum atomic E-state index is -3.76. The van der Waals surface area contributed by atoms with Crippen LogP contribution in [-0.2, 0) is 26.2 Å². The van der Waals surface area contributed by atoms with Crippen molar-refractivity contribution in [2.24, 2.45) is 0 Å². The smallest absolute Gasteiger partial charge is 0.244 e. The number of aryl methyl sites for hydroxylation is 1. The Balaban J connectivity index is 2.45. The molecule has 2 amide bonds. The minimum Gasteiger partial charge on any atom is -0.352 e. The molecule has 0 fully saturated rings. The van der Waals surface area contributed by atoms with E-state index in [1.165, 1.54) is 4.90 Å². The zero-order valence-corrected chi connectivity index (χ0v) is 22.0. The zero-order valence-electron chi connectivity index (χ0n) is 21.2. The van der Waals surface area contributed by atoms with Gasteiger partial charge in [-0.25, -0.2) is 8.42 Å². The van der Waals surface area contributed by atoms with Crippen molar-refractivity contribution in [1.82, 2.24) is 10.2 Å². The molecule has 0 saturated carbocycles. The van der Waals surface area contributed by atoms with Gasteiger partial charge in [0.15, 0.2) is 0 Å². The highest BCUT2D eigenvalue weighted by molar-refractivity contribution is 7.92. The van der Waals surface area contributed by atoms with Crippen LogP contribution >= 0.6 is 0 Å². The first-order chi connectivity index (χ1) is 15.8. The molecule has 0 aliphatic carbocycles. The van der Waals surface area contributed by atoms with E-state index < -0.39 is 28.5 Å². The van der Waals surface area contributed by atoms with Gasteiger partial charge in [-0.3, -0.25) is 13.9 Å². The van der Waals surface area contributed by atoms with Crippen molar-refractivity contribution in [3.05, 3.63) is 65.2 Å². The monoisotopic (exact) mass is 487 g/mol. The van der Waals surface area contributed by atoms with E-state index in [1.54, 1.807) is 19.1 Å². The molecule has 2 aromatic carbocycles. The van der Waals surface area contributed by atoms with E-state index in [1.807, 2.05) is 71.0 Å². The summed E-state index contributed by atoms with van der Waals surface area (Å²) in [6.45, 7) is 11.1. The number of amides is 2. The molecule has 0 unspecified atom stereocenters. The topological polar surface area (TPSA) is 86.8 Å². The summed E-state index contributed by atoms with van der Waals surface area (Å²) in [5.41, 5.74) is 3.25. The summed E-state index contributed by atoms with van der Waals surface area (Å²) in [4.78, 5) is 27.8. The van der Waals surface area contributed by atoms with Crippen LogP contribution in [-0.4, -0.2) is 50.0 Å². The fourth-order valence-corrected chi connectivity index (χ4v) is 4.54. The van der Waals surface area contributed by atoms with Crippen molar-refractivity contribution in [2.45, 2.75) is 66.1 Å². The number of hydrogen-bond acceptors (Lipinski definition) is 4. The normalized spacial score (nSPS) is 12.5. The van der Waals surface area contributed by atoms with E-state index in [0.29, 0.717) is 5.69 Å². The highest BCUT2D eigenvalue weighted by Gasteiger charge is 2.31. The third-order valence-corrected chi connectivity index (χ3v) is 6.70. The van der Waals surface area contributed by atoms with Gasteiger partial charge in [-0.2, -0.15) is 0 Å². The zero-order chi connectivity index (χ0) is 25.6. The summed E-state index contributed by atoms with van der Waals surface area (Å²) in [7, 11) is -3.76. The summed E-state index contributed by atoms with van der Waals surface area (Å²) in [5.74, 6) is -0.671.